The molecular weight excluding hydrogens is 260 g/mol. The van der Waals surface area contributed by atoms with E-state index >= 15 is 0 Å². The second kappa shape index (κ2) is 7.11. The van der Waals surface area contributed by atoms with E-state index in [0.717, 1.165) is 34.4 Å². The highest BCUT2D eigenvalue weighted by Crippen LogP contribution is 2.26. The summed E-state index contributed by atoms with van der Waals surface area (Å²) in [5.41, 5.74) is 0.861. The van der Waals surface area contributed by atoms with E-state index in [0.29, 0.717) is 0 Å². The van der Waals surface area contributed by atoms with Crippen LogP contribution in [0.4, 0.5) is 0 Å². The first kappa shape index (κ1) is 13.8. The van der Waals surface area contributed by atoms with Crippen LogP contribution in [0.5, 0.6) is 11.5 Å². The van der Waals surface area contributed by atoms with E-state index in [2.05, 4.69) is 9.97 Å². The van der Waals surface area contributed by atoms with Gasteiger partial charge in [-0.05, 0) is 25.1 Å². The average Bonchev–Trinajstić information content (AvgIpc) is 2.42. The van der Waals surface area contributed by atoms with Crippen LogP contribution in [0.1, 0.15) is 5.69 Å². The number of ether oxygens (including phenoxy) is 2. The molecule has 0 fully saturated rings. The summed E-state index contributed by atoms with van der Waals surface area (Å²) in [6.45, 7) is 2.64. The third-order valence-corrected chi connectivity index (χ3v) is 3.36. The van der Waals surface area contributed by atoms with Crippen molar-refractivity contribution >= 4 is 11.8 Å². The van der Waals surface area contributed by atoms with Crippen LogP contribution in [0.2, 0.25) is 0 Å². The summed E-state index contributed by atoms with van der Waals surface area (Å²) in [6.07, 6.45) is 5.27. The molecule has 2 aromatic heterocycles. The second-order valence-corrected chi connectivity index (χ2v) is 5.05. The third-order valence-electron chi connectivity index (χ3n) is 2.43. The van der Waals surface area contributed by atoms with Crippen molar-refractivity contribution in [2.24, 2.45) is 0 Å². The minimum atomic E-state index is 0.720. The van der Waals surface area contributed by atoms with Crippen molar-refractivity contribution in [2.75, 3.05) is 19.5 Å². The molecule has 0 bridgehead atoms. The average molecular weight is 276 g/mol. The zero-order valence-corrected chi connectivity index (χ0v) is 11.8. The lowest BCUT2D eigenvalue weighted by atomic mass is 10.3. The molecule has 0 N–H and O–H groups in total. The normalized spacial score (nSPS) is 10.4. The van der Waals surface area contributed by atoms with Gasteiger partial charge in [0.15, 0.2) is 0 Å². The number of methoxy groups -OCH3 is 1. The van der Waals surface area contributed by atoms with Crippen LogP contribution in [0, 0.1) is 6.92 Å². The number of nitrogens with zero attached hydrogens (tertiary/aromatic N) is 2. The van der Waals surface area contributed by atoms with E-state index in [9.17, 15) is 0 Å². The first-order chi connectivity index (χ1) is 9.29. The molecule has 100 valence electrons. The van der Waals surface area contributed by atoms with Gasteiger partial charge in [0.25, 0.3) is 0 Å². The highest BCUT2D eigenvalue weighted by Gasteiger charge is 2.03. The van der Waals surface area contributed by atoms with Crippen molar-refractivity contribution in [2.45, 2.75) is 11.8 Å². The Morgan fingerprint density at radius 3 is 3.00 bits per heavy atom. The SMILES string of the molecule is COCCSc1cncc(Oc2cccnc2C)c1. The molecule has 0 saturated carbocycles. The van der Waals surface area contributed by atoms with Crippen molar-refractivity contribution in [3.63, 3.8) is 0 Å². The lowest BCUT2D eigenvalue weighted by Gasteiger charge is -2.08. The number of pyridine rings is 2. The molecule has 0 aliphatic rings. The molecule has 0 aromatic carbocycles. The molecule has 0 saturated heterocycles. The maximum absolute atomic E-state index is 5.79. The maximum atomic E-state index is 5.79. The predicted molar refractivity (Wildman–Crippen MR) is 75.9 cm³/mol. The highest BCUT2D eigenvalue weighted by atomic mass is 32.2. The monoisotopic (exact) mass is 276 g/mol. The van der Waals surface area contributed by atoms with Crippen molar-refractivity contribution in [3.8, 4) is 11.5 Å². The van der Waals surface area contributed by atoms with E-state index in [1.165, 1.54) is 0 Å². The minimum absolute atomic E-state index is 0.720. The highest BCUT2D eigenvalue weighted by molar-refractivity contribution is 7.99. The summed E-state index contributed by atoms with van der Waals surface area (Å²) >= 11 is 1.69. The van der Waals surface area contributed by atoms with Gasteiger partial charge in [-0.3, -0.25) is 9.97 Å². The summed E-state index contributed by atoms with van der Waals surface area (Å²) in [5, 5.41) is 0. The Morgan fingerprint density at radius 1 is 1.32 bits per heavy atom. The smallest absolute Gasteiger partial charge is 0.148 e. The maximum Gasteiger partial charge on any atom is 0.148 e. The molecule has 19 heavy (non-hydrogen) atoms. The molecule has 0 spiro atoms. The van der Waals surface area contributed by atoms with Gasteiger partial charge in [0.2, 0.25) is 0 Å². The van der Waals surface area contributed by atoms with Gasteiger partial charge in [-0.25, -0.2) is 0 Å². The molecule has 0 amide bonds. The van der Waals surface area contributed by atoms with Crippen LogP contribution in [0.3, 0.4) is 0 Å². The fourth-order valence-corrected chi connectivity index (χ4v) is 2.30. The minimum Gasteiger partial charge on any atom is -0.454 e. The largest absolute Gasteiger partial charge is 0.454 e. The van der Waals surface area contributed by atoms with E-state index in [4.69, 9.17) is 9.47 Å². The molecule has 2 rings (SSSR count). The van der Waals surface area contributed by atoms with Crippen LogP contribution in [0.15, 0.2) is 41.7 Å². The topological polar surface area (TPSA) is 44.2 Å². The molecule has 5 heteroatoms. The Labute approximate surface area is 117 Å². The fourth-order valence-electron chi connectivity index (χ4n) is 1.48. The van der Waals surface area contributed by atoms with Crippen molar-refractivity contribution in [1.29, 1.82) is 0 Å². The van der Waals surface area contributed by atoms with Gasteiger partial charge in [-0.15, -0.1) is 11.8 Å². The molecule has 0 unspecified atom stereocenters. The fraction of sp³-hybridized carbons (Fsp3) is 0.286. The van der Waals surface area contributed by atoms with E-state index < -0.39 is 0 Å². The van der Waals surface area contributed by atoms with Gasteiger partial charge < -0.3 is 9.47 Å². The molecule has 0 aliphatic carbocycles. The summed E-state index contributed by atoms with van der Waals surface area (Å²) in [7, 11) is 1.70. The van der Waals surface area contributed by atoms with Gasteiger partial charge in [0, 0.05) is 30.2 Å². The number of rotatable bonds is 6. The Hall–Kier alpha value is -1.59. The summed E-state index contributed by atoms with van der Waals surface area (Å²) < 4.78 is 10.8. The van der Waals surface area contributed by atoms with Crippen LogP contribution in [-0.4, -0.2) is 29.4 Å². The number of aryl methyl sites for hydroxylation is 1. The Bertz CT molecular complexity index is 534. The predicted octanol–water partition coefficient (Wildman–Crippen LogP) is 3.32. The van der Waals surface area contributed by atoms with Gasteiger partial charge >= 0.3 is 0 Å². The third kappa shape index (κ3) is 4.22. The molecule has 2 aromatic rings. The van der Waals surface area contributed by atoms with Crippen molar-refractivity contribution in [1.82, 2.24) is 9.97 Å². The van der Waals surface area contributed by atoms with Crippen molar-refractivity contribution < 1.29 is 9.47 Å². The molecule has 4 nitrogen and oxygen atoms in total. The van der Waals surface area contributed by atoms with Crippen LogP contribution < -0.4 is 4.74 Å². The van der Waals surface area contributed by atoms with Gasteiger partial charge in [0.1, 0.15) is 11.5 Å². The van der Waals surface area contributed by atoms with Crippen molar-refractivity contribution in [3.05, 3.63) is 42.5 Å². The Morgan fingerprint density at radius 2 is 2.21 bits per heavy atom. The van der Waals surface area contributed by atoms with Crippen LogP contribution >= 0.6 is 11.8 Å². The number of hydrogen-bond acceptors (Lipinski definition) is 5. The summed E-state index contributed by atoms with van der Waals surface area (Å²) in [6, 6.07) is 5.72. The summed E-state index contributed by atoms with van der Waals surface area (Å²) in [4.78, 5) is 9.44. The number of hydrogen-bond donors (Lipinski definition) is 0. The van der Waals surface area contributed by atoms with E-state index in [1.54, 1.807) is 31.3 Å². The number of aromatic nitrogens is 2. The van der Waals surface area contributed by atoms with Gasteiger partial charge in [-0.1, -0.05) is 0 Å². The van der Waals surface area contributed by atoms with Crippen LogP contribution in [-0.2, 0) is 4.74 Å². The lowest BCUT2D eigenvalue weighted by Crippen LogP contribution is -1.93. The molecular formula is C14H16N2O2S. The zero-order valence-electron chi connectivity index (χ0n) is 11.0. The van der Waals surface area contributed by atoms with Gasteiger partial charge in [0.05, 0.1) is 18.5 Å². The van der Waals surface area contributed by atoms with E-state index in [1.807, 2.05) is 31.3 Å². The molecule has 2 heterocycles. The first-order valence-corrected chi connectivity index (χ1v) is 6.94. The quantitative estimate of drug-likeness (QED) is 0.598. The van der Waals surface area contributed by atoms with E-state index in [-0.39, 0.29) is 0 Å². The zero-order chi connectivity index (χ0) is 13.5. The standard InChI is InChI=1S/C14H16N2O2S/c1-11-14(4-3-5-16-11)18-12-8-13(10-15-9-12)19-7-6-17-2/h3-5,8-10H,6-7H2,1-2H3. The second-order valence-electron chi connectivity index (χ2n) is 3.89. The molecule has 0 radical (unpaired) electrons. The van der Waals surface area contributed by atoms with Gasteiger partial charge in [-0.2, -0.15) is 0 Å². The Kier molecular flexibility index (Phi) is 5.18. The van der Waals surface area contributed by atoms with Crippen LogP contribution in [0.25, 0.3) is 0 Å². The molecule has 0 aliphatic heterocycles. The Balaban J connectivity index is 2.05. The summed E-state index contributed by atoms with van der Waals surface area (Å²) in [5.74, 6) is 2.37. The number of thioether (sulfide) groups is 1. The molecule has 0 atom stereocenters. The first-order valence-electron chi connectivity index (χ1n) is 5.96. The lowest BCUT2D eigenvalue weighted by molar-refractivity contribution is 0.218.